The highest BCUT2D eigenvalue weighted by Crippen LogP contribution is 2.33. The van der Waals surface area contributed by atoms with Gasteiger partial charge in [0.1, 0.15) is 6.33 Å². The van der Waals surface area contributed by atoms with Crippen LogP contribution in [0.5, 0.6) is 17.4 Å². The topological polar surface area (TPSA) is 74.1 Å². The standard InChI is InChI=1S/C14H21N5O2/c1-4-6-15-13-12(20-3)14(17-10-16-13)21-11-8-18-19(9-11)7-5-2/h8-10H,4-7H2,1-3H3,(H,15,16,17). The minimum absolute atomic E-state index is 0.377. The third kappa shape index (κ3) is 3.84. The number of aryl methyl sites for hydroxylation is 1. The lowest BCUT2D eigenvalue weighted by Gasteiger charge is -2.12. The van der Waals surface area contributed by atoms with E-state index in [0.29, 0.717) is 23.2 Å². The first-order valence-electron chi connectivity index (χ1n) is 7.11. The molecule has 0 aliphatic rings. The van der Waals surface area contributed by atoms with E-state index in [1.165, 1.54) is 6.33 Å². The lowest BCUT2D eigenvalue weighted by Crippen LogP contribution is -2.05. The Morgan fingerprint density at radius 3 is 2.81 bits per heavy atom. The van der Waals surface area contributed by atoms with Crippen molar-refractivity contribution < 1.29 is 9.47 Å². The molecule has 0 saturated heterocycles. The van der Waals surface area contributed by atoms with Gasteiger partial charge in [0.05, 0.1) is 19.5 Å². The minimum Gasteiger partial charge on any atom is -0.489 e. The summed E-state index contributed by atoms with van der Waals surface area (Å²) in [7, 11) is 1.57. The van der Waals surface area contributed by atoms with Gasteiger partial charge in [0.15, 0.2) is 11.6 Å². The van der Waals surface area contributed by atoms with Crippen LogP contribution < -0.4 is 14.8 Å². The van der Waals surface area contributed by atoms with Crippen LogP contribution in [0.15, 0.2) is 18.7 Å². The molecule has 0 aromatic carbocycles. The van der Waals surface area contributed by atoms with Crippen molar-refractivity contribution in [3.63, 3.8) is 0 Å². The Morgan fingerprint density at radius 1 is 1.24 bits per heavy atom. The fourth-order valence-corrected chi connectivity index (χ4v) is 1.84. The summed E-state index contributed by atoms with van der Waals surface area (Å²) in [4.78, 5) is 8.31. The number of anilines is 1. The first kappa shape index (κ1) is 15.1. The molecule has 0 saturated carbocycles. The van der Waals surface area contributed by atoms with E-state index in [4.69, 9.17) is 9.47 Å². The predicted molar refractivity (Wildman–Crippen MR) is 80.0 cm³/mol. The van der Waals surface area contributed by atoms with Crippen molar-refractivity contribution in [1.29, 1.82) is 0 Å². The zero-order valence-electron chi connectivity index (χ0n) is 12.7. The summed E-state index contributed by atoms with van der Waals surface area (Å²) in [6.07, 6.45) is 6.96. The number of rotatable bonds is 8. The van der Waals surface area contributed by atoms with Crippen LogP contribution in [0, 0.1) is 0 Å². The summed E-state index contributed by atoms with van der Waals surface area (Å²) in [5, 5.41) is 7.41. The van der Waals surface area contributed by atoms with Crippen molar-refractivity contribution in [2.75, 3.05) is 19.0 Å². The second-order valence-electron chi connectivity index (χ2n) is 4.53. The van der Waals surface area contributed by atoms with Crippen molar-refractivity contribution in [3.05, 3.63) is 18.7 Å². The highest BCUT2D eigenvalue weighted by Gasteiger charge is 2.14. The number of hydrogen-bond acceptors (Lipinski definition) is 6. The van der Waals surface area contributed by atoms with Crippen LogP contribution in [-0.4, -0.2) is 33.4 Å². The first-order chi connectivity index (χ1) is 10.3. The first-order valence-corrected chi connectivity index (χ1v) is 7.11. The van der Waals surface area contributed by atoms with E-state index in [2.05, 4.69) is 34.2 Å². The van der Waals surface area contributed by atoms with Gasteiger partial charge in [0.25, 0.3) is 5.88 Å². The van der Waals surface area contributed by atoms with Crippen LogP contribution in [0.3, 0.4) is 0 Å². The number of hydrogen-bond donors (Lipinski definition) is 1. The van der Waals surface area contributed by atoms with E-state index in [9.17, 15) is 0 Å². The summed E-state index contributed by atoms with van der Waals surface area (Å²) in [5.41, 5.74) is 0. The van der Waals surface area contributed by atoms with Crippen molar-refractivity contribution in [1.82, 2.24) is 19.7 Å². The number of nitrogens with zero attached hydrogens (tertiary/aromatic N) is 4. The summed E-state index contributed by atoms with van der Waals surface area (Å²) < 4.78 is 12.9. The Hall–Kier alpha value is -2.31. The Labute approximate surface area is 124 Å². The highest BCUT2D eigenvalue weighted by molar-refractivity contribution is 5.55. The van der Waals surface area contributed by atoms with Crippen molar-refractivity contribution in [2.24, 2.45) is 0 Å². The van der Waals surface area contributed by atoms with Gasteiger partial charge in [-0.25, -0.2) is 4.98 Å². The Kier molecular flexibility index (Phi) is 5.36. The summed E-state index contributed by atoms with van der Waals surface area (Å²) in [5.74, 6) is 2.13. The number of methoxy groups -OCH3 is 1. The fourth-order valence-electron chi connectivity index (χ4n) is 1.84. The Morgan fingerprint density at radius 2 is 2.10 bits per heavy atom. The molecule has 0 fully saturated rings. The van der Waals surface area contributed by atoms with Gasteiger partial charge in [0, 0.05) is 13.1 Å². The van der Waals surface area contributed by atoms with Crippen LogP contribution in [0.2, 0.25) is 0 Å². The maximum atomic E-state index is 5.75. The molecule has 2 aromatic heterocycles. The van der Waals surface area contributed by atoms with E-state index >= 15 is 0 Å². The van der Waals surface area contributed by atoms with Crippen LogP contribution in [0.25, 0.3) is 0 Å². The van der Waals surface area contributed by atoms with Crippen LogP contribution in [-0.2, 0) is 6.54 Å². The van der Waals surface area contributed by atoms with E-state index < -0.39 is 0 Å². The maximum absolute atomic E-state index is 5.75. The van der Waals surface area contributed by atoms with Gasteiger partial charge < -0.3 is 14.8 Å². The lowest BCUT2D eigenvalue weighted by atomic mass is 10.4. The highest BCUT2D eigenvalue weighted by atomic mass is 16.5. The minimum atomic E-state index is 0.377. The molecule has 2 heterocycles. The van der Waals surface area contributed by atoms with Gasteiger partial charge >= 0.3 is 0 Å². The molecule has 21 heavy (non-hydrogen) atoms. The average Bonchev–Trinajstić information content (AvgIpc) is 2.93. The molecule has 0 aliphatic heterocycles. The number of ether oxygens (including phenoxy) is 2. The molecule has 0 amide bonds. The molecule has 114 valence electrons. The second kappa shape index (κ2) is 7.47. The molecule has 1 N–H and O–H groups in total. The molecule has 0 atom stereocenters. The molecule has 0 spiro atoms. The third-order valence-corrected chi connectivity index (χ3v) is 2.79. The number of nitrogens with one attached hydrogen (secondary N) is 1. The van der Waals surface area contributed by atoms with Crippen LogP contribution in [0.4, 0.5) is 5.82 Å². The molecule has 0 aliphatic carbocycles. The SMILES string of the molecule is CCCNc1ncnc(Oc2cnn(CCC)c2)c1OC. The molecule has 2 rings (SSSR count). The number of aromatic nitrogens is 4. The van der Waals surface area contributed by atoms with Gasteiger partial charge in [-0.2, -0.15) is 10.1 Å². The molecule has 0 unspecified atom stereocenters. The summed E-state index contributed by atoms with van der Waals surface area (Å²) >= 11 is 0. The largest absolute Gasteiger partial charge is 0.489 e. The molecular formula is C14H21N5O2. The smallest absolute Gasteiger partial charge is 0.268 e. The Bertz CT molecular complexity index is 570. The zero-order chi connectivity index (χ0) is 15.1. The van der Waals surface area contributed by atoms with E-state index in [1.807, 2.05) is 10.9 Å². The molecule has 2 aromatic rings. The van der Waals surface area contributed by atoms with Gasteiger partial charge in [-0.15, -0.1) is 0 Å². The predicted octanol–water partition coefficient (Wildman–Crippen LogP) is 2.71. The normalized spacial score (nSPS) is 10.4. The van der Waals surface area contributed by atoms with Gasteiger partial charge in [-0.05, 0) is 12.8 Å². The van der Waals surface area contributed by atoms with Crippen molar-refractivity contribution >= 4 is 5.82 Å². The third-order valence-electron chi connectivity index (χ3n) is 2.79. The summed E-state index contributed by atoms with van der Waals surface area (Å²) in [6, 6.07) is 0. The Balaban J connectivity index is 2.17. The zero-order valence-corrected chi connectivity index (χ0v) is 12.7. The lowest BCUT2D eigenvalue weighted by molar-refractivity contribution is 0.368. The molecule has 0 bridgehead atoms. The van der Waals surface area contributed by atoms with E-state index in [0.717, 1.165) is 25.9 Å². The molecular weight excluding hydrogens is 270 g/mol. The van der Waals surface area contributed by atoms with Crippen LogP contribution >= 0.6 is 0 Å². The molecule has 7 heteroatoms. The molecule has 0 radical (unpaired) electrons. The van der Waals surface area contributed by atoms with Gasteiger partial charge in [-0.3, -0.25) is 4.68 Å². The van der Waals surface area contributed by atoms with E-state index in [-0.39, 0.29) is 0 Å². The maximum Gasteiger partial charge on any atom is 0.268 e. The summed E-state index contributed by atoms with van der Waals surface area (Å²) in [6.45, 7) is 5.84. The quantitative estimate of drug-likeness (QED) is 0.806. The second-order valence-corrected chi connectivity index (χ2v) is 4.53. The van der Waals surface area contributed by atoms with Crippen molar-refractivity contribution in [2.45, 2.75) is 33.2 Å². The van der Waals surface area contributed by atoms with E-state index in [1.54, 1.807) is 13.3 Å². The molecule has 7 nitrogen and oxygen atoms in total. The van der Waals surface area contributed by atoms with Crippen molar-refractivity contribution in [3.8, 4) is 17.4 Å². The van der Waals surface area contributed by atoms with Crippen LogP contribution in [0.1, 0.15) is 26.7 Å². The fraction of sp³-hybridized carbons (Fsp3) is 0.500. The van der Waals surface area contributed by atoms with Gasteiger partial charge in [0.2, 0.25) is 5.75 Å². The monoisotopic (exact) mass is 291 g/mol. The average molecular weight is 291 g/mol. The van der Waals surface area contributed by atoms with Gasteiger partial charge in [-0.1, -0.05) is 13.8 Å².